The third-order valence-electron chi connectivity index (χ3n) is 16.9. The number of aliphatic hydroxyl groups is 11. The molecule has 8 aliphatic rings. The van der Waals surface area contributed by atoms with Gasteiger partial charge in [0.2, 0.25) is 23.6 Å². The number of amides is 4. The first-order chi connectivity index (χ1) is 47.2. The number of hydrogen-bond donors (Lipinski definition) is 18. The van der Waals surface area contributed by atoms with Crippen LogP contribution in [0.3, 0.4) is 0 Å². The van der Waals surface area contributed by atoms with Crippen LogP contribution in [0.4, 0.5) is 0 Å². The summed E-state index contributed by atoms with van der Waals surface area (Å²) >= 11 is 0. The van der Waals surface area contributed by atoms with Crippen LogP contribution in [0, 0.1) is 0 Å². The van der Waals surface area contributed by atoms with Gasteiger partial charge in [0, 0.05) is 53.4 Å². The lowest BCUT2D eigenvalue weighted by atomic mass is 9.95. The molecule has 49 heteroatoms. The molecule has 8 rings (SSSR count). The van der Waals surface area contributed by atoms with E-state index >= 15 is 0 Å². The monoisotopic (exact) mass is 1530 g/mol. The fourth-order valence-electron chi connectivity index (χ4n) is 12.2. The standard InChI is InChI=1S/C52H86N4O42S3/c1-17(58)53-37-41(67)46(30(88-49(37)71)14-85-99(72,73)74)97-35-7-23(64)27(11-83-35)90-50-38(54-18(2)59)42(68)45(26(9-57)89-50)95-34-6-22(63)28(12-82-34)91-52-40(56-20(4)61)44(70)48(32(94-52)16-87-101(78,79)80)98-36-8-24(65)29(13-84-36)92-51-39(55-19(3)60)43(69)47(31(93-51)15-86-100(75,76)77)96-33-5-21(62)25(66)10-81-33/h21-52,57,62-71H,5-16H2,1-4H3,(H,53,58)(H,54,59)(H,55,60)(H,56,61)(H,72,73,74)(H,75,76,77)(H,78,79,80)/t21-,22-,23-,24-,25+,26?,27-,28-,29-,30?,31?,32?,33-,34-,35-,36-,37?,38?,39?,40?,41+,42+,43+,44+,45+,46+,47+,48+,49-,50-,51+,52+/m0/s1. The lowest BCUT2D eigenvalue weighted by molar-refractivity contribution is -0.352. The van der Waals surface area contributed by atoms with E-state index in [1.807, 2.05) is 0 Å². The van der Waals surface area contributed by atoms with Crippen LogP contribution in [0.5, 0.6) is 0 Å². The van der Waals surface area contributed by atoms with E-state index in [1.165, 1.54) is 0 Å². The van der Waals surface area contributed by atoms with E-state index in [4.69, 9.17) is 75.6 Å². The van der Waals surface area contributed by atoms with Gasteiger partial charge in [-0.1, -0.05) is 0 Å². The summed E-state index contributed by atoms with van der Waals surface area (Å²) in [5, 5.41) is 132. The van der Waals surface area contributed by atoms with Crippen LogP contribution in [0.15, 0.2) is 0 Å². The summed E-state index contributed by atoms with van der Waals surface area (Å²) in [6.07, 6.45) is -48.1. The van der Waals surface area contributed by atoms with E-state index in [1.54, 1.807) is 0 Å². The molecule has 32 atom stereocenters. The summed E-state index contributed by atoms with van der Waals surface area (Å²) in [7, 11) is -15.6. The van der Waals surface area contributed by atoms with Crippen molar-refractivity contribution >= 4 is 54.8 Å². The molecule has 18 N–H and O–H groups in total. The Balaban J connectivity index is 0.883. The lowest BCUT2D eigenvalue weighted by Crippen LogP contribution is -2.68. The lowest BCUT2D eigenvalue weighted by Gasteiger charge is -2.48. The average Bonchev–Trinajstić information content (AvgIpc) is 0.794. The molecule has 0 aromatic heterocycles. The molecule has 4 amide bonds. The maximum absolute atomic E-state index is 12.7. The molecular formula is C52H86N4O42S3. The molecule has 8 aliphatic heterocycles. The Morgan fingerprint density at radius 3 is 0.921 bits per heavy atom. The fourth-order valence-corrected chi connectivity index (χ4v) is 13.1. The molecule has 0 radical (unpaired) electrons. The second-order valence-electron chi connectivity index (χ2n) is 24.6. The minimum Gasteiger partial charge on any atom is -0.394 e. The van der Waals surface area contributed by atoms with Crippen molar-refractivity contribution in [1.29, 1.82) is 0 Å². The van der Waals surface area contributed by atoms with Crippen LogP contribution < -0.4 is 21.3 Å². The second kappa shape index (κ2) is 35.9. The van der Waals surface area contributed by atoms with Crippen LogP contribution in [-0.2, 0) is 134 Å². The smallest absolute Gasteiger partial charge is 0.394 e. The fraction of sp³-hybridized carbons (Fsp3) is 0.923. The number of ether oxygens (including phenoxy) is 15. The highest BCUT2D eigenvalue weighted by atomic mass is 32.3. The Morgan fingerprint density at radius 1 is 0.366 bits per heavy atom. The van der Waals surface area contributed by atoms with Gasteiger partial charge in [0.1, 0.15) is 122 Å². The van der Waals surface area contributed by atoms with Gasteiger partial charge in [-0.2, -0.15) is 25.3 Å². The number of hydrogen-bond acceptors (Lipinski definition) is 39. The molecule has 0 aliphatic carbocycles. The van der Waals surface area contributed by atoms with E-state index in [9.17, 15) is 110 Å². The Hall–Kier alpha value is -3.55. The van der Waals surface area contributed by atoms with Crippen molar-refractivity contribution in [2.45, 2.75) is 250 Å². The van der Waals surface area contributed by atoms with E-state index in [0.29, 0.717) is 0 Å². The van der Waals surface area contributed by atoms with Crippen molar-refractivity contribution in [3.8, 4) is 0 Å². The van der Waals surface area contributed by atoms with Crippen molar-refractivity contribution in [3.05, 3.63) is 0 Å². The Morgan fingerprint density at radius 2 is 0.634 bits per heavy atom. The number of carbonyl (C=O) groups is 4. The van der Waals surface area contributed by atoms with E-state index in [2.05, 4.69) is 33.8 Å². The van der Waals surface area contributed by atoms with Crippen molar-refractivity contribution in [3.63, 3.8) is 0 Å². The Bertz CT molecular complexity index is 3080. The normalized spacial score (nSPS) is 42.9. The zero-order valence-electron chi connectivity index (χ0n) is 53.9. The highest BCUT2D eigenvalue weighted by molar-refractivity contribution is 7.81. The quantitative estimate of drug-likeness (QED) is 0.0324. The zero-order chi connectivity index (χ0) is 74.3. The predicted octanol–water partition coefficient (Wildman–Crippen LogP) is -11.7. The molecule has 0 bridgehead atoms. The molecular weight excluding hydrogens is 1450 g/mol. The first kappa shape index (κ1) is 83.1. The Labute approximate surface area is 574 Å². The molecule has 8 heterocycles. The SMILES string of the molecule is CC(=O)NC1[C@H](O[C@H]2CO[C@@H](O[C@@H]3C(COS(=O)(=O)O)O[C@@H](O[C@H]4CO[C@@H](O[C@@H]5C(CO)O[C@@H](O[C@H]6CO[C@@H](O[C@@H]7C(COS(=O)(=O)O)O[C@H](O)C(NC(C)=O)[C@H]7O)C[C@@H]6O)C(NC(C)=O)[C@H]5O)C[C@@H]4O)C(NC(C)=O)[C@H]3O)C[C@@H]2O)OC(COS(=O)(=O)O)[C@@H](O[C@H]2C[C@H](O)[C@H](O)CO2)[C@@H]1O. The van der Waals surface area contributed by atoms with E-state index in [-0.39, 0.29) is 6.42 Å². The first-order valence-electron chi connectivity index (χ1n) is 31.3. The van der Waals surface area contributed by atoms with Gasteiger partial charge < -0.3 is 148 Å². The third kappa shape index (κ3) is 23.2. The largest absolute Gasteiger partial charge is 0.397 e. The summed E-state index contributed by atoms with van der Waals surface area (Å²) < 4.78 is 199. The van der Waals surface area contributed by atoms with Crippen LogP contribution in [0.25, 0.3) is 0 Å². The summed E-state index contributed by atoms with van der Waals surface area (Å²) in [6, 6.07) is -6.41. The van der Waals surface area contributed by atoms with Crippen LogP contribution in [0.1, 0.15) is 53.4 Å². The van der Waals surface area contributed by atoms with Gasteiger partial charge in [-0.05, 0) is 0 Å². The molecule has 0 aromatic rings. The zero-order valence-corrected chi connectivity index (χ0v) is 56.3. The number of carbonyl (C=O) groups excluding carboxylic acids is 4. The highest BCUT2D eigenvalue weighted by Gasteiger charge is 2.56. The molecule has 46 nitrogen and oxygen atoms in total. The molecule has 8 unspecified atom stereocenters. The van der Waals surface area contributed by atoms with Crippen LogP contribution in [0.2, 0.25) is 0 Å². The first-order valence-corrected chi connectivity index (χ1v) is 35.4. The maximum Gasteiger partial charge on any atom is 0.397 e. The third-order valence-corrected chi connectivity index (χ3v) is 18.2. The summed E-state index contributed by atoms with van der Waals surface area (Å²) in [5.41, 5.74) is 0. The average molecular weight is 1540 g/mol. The van der Waals surface area contributed by atoms with Gasteiger partial charge in [-0.25, -0.2) is 12.5 Å². The predicted molar refractivity (Wildman–Crippen MR) is 312 cm³/mol. The molecule has 101 heavy (non-hydrogen) atoms. The molecule has 8 saturated heterocycles. The molecule has 8 fully saturated rings. The molecule has 0 aromatic carbocycles. The Kier molecular flexibility index (Phi) is 29.5. The minimum atomic E-state index is -5.29. The van der Waals surface area contributed by atoms with E-state index in [0.717, 1.165) is 27.7 Å². The van der Waals surface area contributed by atoms with Crippen molar-refractivity contribution < 1.29 is 198 Å². The van der Waals surface area contributed by atoms with Crippen LogP contribution >= 0.6 is 0 Å². The molecule has 584 valence electrons. The van der Waals surface area contributed by atoms with Crippen molar-refractivity contribution in [2.24, 2.45) is 0 Å². The molecule has 0 saturated carbocycles. The number of aliphatic hydroxyl groups excluding tert-OH is 11. The van der Waals surface area contributed by atoms with E-state index < -0.39 is 324 Å². The highest BCUT2D eigenvalue weighted by Crippen LogP contribution is 2.37. The van der Waals surface area contributed by atoms with Crippen molar-refractivity contribution in [1.82, 2.24) is 21.3 Å². The number of nitrogens with one attached hydrogen (secondary N) is 4. The second-order valence-corrected chi connectivity index (χ2v) is 27.9. The van der Waals surface area contributed by atoms with Gasteiger partial charge in [-0.3, -0.25) is 32.8 Å². The van der Waals surface area contributed by atoms with Gasteiger partial charge >= 0.3 is 31.2 Å². The van der Waals surface area contributed by atoms with Gasteiger partial charge in [0.05, 0.1) is 77.3 Å². The van der Waals surface area contributed by atoms with Gasteiger partial charge in [0.15, 0.2) is 50.3 Å². The summed E-state index contributed by atoms with van der Waals surface area (Å²) in [6.45, 7) is -2.24. The molecule has 0 spiro atoms. The topological polar surface area (TPSA) is 668 Å². The van der Waals surface area contributed by atoms with Crippen molar-refractivity contribution in [2.75, 3.05) is 52.9 Å². The summed E-state index contributed by atoms with van der Waals surface area (Å²) in [5.74, 6) is -3.08. The maximum atomic E-state index is 12.7. The van der Waals surface area contributed by atoms with Gasteiger partial charge in [-0.15, -0.1) is 0 Å². The minimum absolute atomic E-state index is 0.356. The summed E-state index contributed by atoms with van der Waals surface area (Å²) in [4.78, 5) is 49.6. The van der Waals surface area contributed by atoms with Gasteiger partial charge in [0.25, 0.3) is 0 Å². The van der Waals surface area contributed by atoms with Crippen LogP contribution in [-0.4, -0.2) is 368 Å². The number of rotatable bonds is 28.